The van der Waals surface area contributed by atoms with Crippen LogP contribution in [0.1, 0.15) is 42.4 Å². The monoisotopic (exact) mass is 564 g/mol. The van der Waals surface area contributed by atoms with Crippen molar-refractivity contribution in [2.45, 2.75) is 49.9 Å². The molecule has 4 nitrogen and oxygen atoms in total. The maximum Gasteiger partial charge on any atom is 0.461 e. The average molecular weight is 564 g/mol. The van der Waals surface area contributed by atoms with Crippen LogP contribution in [0.5, 0.6) is 5.75 Å². The van der Waals surface area contributed by atoms with Crippen molar-refractivity contribution in [1.29, 1.82) is 0 Å². The smallest absolute Gasteiger partial charge is 0.428 e. The topological polar surface area (TPSA) is 50.4 Å². The molecule has 2 aromatic rings. The highest BCUT2D eigenvalue weighted by molar-refractivity contribution is 5.76. The van der Waals surface area contributed by atoms with Crippen LogP contribution in [0.4, 0.5) is 53.1 Å². The molecule has 2 amide bonds. The Hall–Kier alpha value is -3.26. The summed E-state index contributed by atoms with van der Waals surface area (Å²) < 4.78 is 150. The first kappa shape index (κ1) is 29.3. The lowest BCUT2D eigenvalue weighted by Gasteiger charge is -2.37. The number of hydrogen-bond acceptors (Lipinski definition) is 2. The van der Waals surface area contributed by atoms with E-state index in [1.165, 1.54) is 5.32 Å². The van der Waals surface area contributed by atoms with Crippen molar-refractivity contribution in [1.82, 2.24) is 10.6 Å². The van der Waals surface area contributed by atoms with Gasteiger partial charge in [0.15, 0.2) is 0 Å². The largest absolute Gasteiger partial charge is 0.461 e. The summed E-state index contributed by atoms with van der Waals surface area (Å²) in [6, 6.07) is 2.09. The van der Waals surface area contributed by atoms with Crippen LogP contribution in [0.3, 0.4) is 0 Å². The molecule has 0 bridgehead atoms. The van der Waals surface area contributed by atoms with E-state index in [9.17, 15) is 53.1 Å². The zero-order valence-electron chi connectivity index (χ0n) is 19.0. The molecule has 1 fully saturated rings. The number of carbonyl (C=O) groups is 1. The highest BCUT2D eigenvalue weighted by atomic mass is 19.4. The maximum atomic E-state index is 14.5. The van der Waals surface area contributed by atoms with Gasteiger partial charge in [0, 0.05) is 6.07 Å². The molecule has 0 saturated heterocycles. The Kier molecular flexibility index (Phi) is 8.36. The average Bonchev–Trinajstić information content (AvgIpc) is 3.60. The Morgan fingerprint density at radius 1 is 0.947 bits per heavy atom. The van der Waals surface area contributed by atoms with E-state index in [0.29, 0.717) is 43.2 Å². The molecule has 0 aliphatic heterocycles. The van der Waals surface area contributed by atoms with Crippen LogP contribution in [0.15, 0.2) is 36.4 Å². The van der Waals surface area contributed by atoms with E-state index >= 15 is 0 Å². The van der Waals surface area contributed by atoms with Gasteiger partial charge in [-0.15, -0.1) is 0 Å². The predicted octanol–water partition coefficient (Wildman–Crippen LogP) is 7.04. The molecular formula is C23H19F11N2O2. The van der Waals surface area contributed by atoms with E-state index in [0.717, 1.165) is 6.07 Å². The summed E-state index contributed by atoms with van der Waals surface area (Å²) in [5, 5.41) is 3.66. The number of halogens is 11. The molecule has 0 spiro atoms. The number of nitrogens with one attached hydrogen (secondary N) is 2. The highest BCUT2D eigenvalue weighted by Crippen LogP contribution is 2.46. The number of rotatable bonds is 10. The summed E-state index contributed by atoms with van der Waals surface area (Å²) in [7, 11) is 0. The van der Waals surface area contributed by atoms with Gasteiger partial charge in [-0.2, -0.15) is 30.7 Å². The van der Waals surface area contributed by atoms with E-state index in [4.69, 9.17) is 0 Å². The third-order valence-electron chi connectivity index (χ3n) is 5.66. The van der Waals surface area contributed by atoms with Gasteiger partial charge in [-0.25, -0.2) is 22.4 Å². The van der Waals surface area contributed by atoms with E-state index in [1.54, 1.807) is 0 Å². The number of ether oxygens (including phenoxy) is 1. The van der Waals surface area contributed by atoms with Crippen LogP contribution in [0, 0.1) is 17.6 Å². The number of alkyl halides is 9. The minimum atomic E-state index is -5.08. The lowest BCUT2D eigenvalue weighted by atomic mass is 9.77. The normalized spacial score (nSPS) is 15.9. The highest BCUT2D eigenvalue weighted by Gasteiger charge is 2.46. The molecule has 1 atom stereocenters. The molecule has 2 aromatic carbocycles. The quantitative estimate of drug-likeness (QED) is 0.304. The molecule has 1 aliphatic carbocycles. The first-order valence-corrected chi connectivity index (χ1v) is 10.9. The van der Waals surface area contributed by atoms with Crippen molar-refractivity contribution in [3.8, 4) is 5.75 Å². The summed E-state index contributed by atoms with van der Waals surface area (Å²) in [6.45, 7) is -1.83. The summed E-state index contributed by atoms with van der Waals surface area (Å²) >= 11 is 0. The van der Waals surface area contributed by atoms with Gasteiger partial charge in [-0.05, 0) is 47.7 Å². The van der Waals surface area contributed by atoms with Gasteiger partial charge in [0.2, 0.25) is 0 Å². The van der Waals surface area contributed by atoms with Crippen LogP contribution in [-0.2, 0) is 5.54 Å². The predicted molar refractivity (Wildman–Crippen MR) is 110 cm³/mol. The lowest BCUT2D eigenvalue weighted by Crippen LogP contribution is -2.52. The lowest BCUT2D eigenvalue weighted by molar-refractivity contribution is -0.253. The molecule has 0 heterocycles. The second-order valence-corrected chi connectivity index (χ2v) is 8.65. The van der Waals surface area contributed by atoms with E-state index in [1.807, 2.05) is 0 Å². The molecule has 38 heavy (non-hydrogen) atoms. The first-order chi connectivity index (χ1) is 17.5. The molecule has 1 saturated carbocycles. The van der Waals surface area contributed by atoms with Crippen LogP contribution in [-0.4, -0.2) is 31.3 Å². The molecule has 210 valence electrons. The minimum Gasteiger partial charge on any atom is -0.428 e. The molecule has 3 rings (SSSR count). The molecule has 2 N–H and O–H groups in total. The molecule has 1 aliphatic rings. The number of amides is 2. The maximum absolute atomic E-state index is 14.5. The van der Waals surface area contributed by atoms with Crippen molar-refractivity contribution in [2.24, 2.45) is 5.92 Å². The molecular weight excluding hydrogens is 545 g/mol. The van der Waals surface area contributed by atoms with Crippen LogP contribution in [0.25, 0.3) is 0 Å². The van der Waals surface area contributed by atoms with Crippen molar-refractivity contribution < 1.29 is 57.8 Å². The standard InChI is InChI=1S/C23H19F11N2O2/c24-14-5-13(6-15(8-14)38-23(33,34)19(28)29)21(9-11-1-2-11,36-20(37)35-10-22(30,31)32)12-3-4-17(25)16(7-12)18(26)27/h3-8,11,18-19H,1-2,9-10H2,(H2,35,36,37)/t21-/m1/s1. The SMILES string of the molecule is O=C(NCC(F)(F)F)N[C@@](CC1CC1)(c1cc(F)cc(OC(F)(F)C(F)F)c1)c1ccc(F)c(C(F)F)c1. The first-order valence-electron chi connectivity index (χ1n) is 10.9. The van der Waals surface area contributed by atoms with Crippen molar-refractivity contribution in [3.63, 3.8) is 0 Å². The van der Waals surface area contributed by atoms with Crippen molar-refractivity contribution in [3.05, 3.63) is 64.7 Å². The van der Waals surface area contributed by atoms with Crippen LogP contribution >= 0.6 is 0 Å². The van der Waals surface area contributed by atoms with Crippen molar-refractivity contribution >= 4 is 6.03 Å². The van der Waals surface area contributed by atoms with Crippen molar-refractivity contribution in [2.75, 3.05) is 6.54 Å². The Morgan fingerprint density at radius 2 is 1.61 bits per heavy atom. The number of hydrogen-bond donors (Lipinski definition) is 2. The number of carbonyl (C=O) groups excluding carboxylic acids is 1. The fourth-order valence-corrected chi connectivity index (χ4v) is 3.82. The third kappa shape index (κ3) is 7.19. The summed E-state index contributed by atoms with van der Waals surface area (Å²) in [4.78, 5) is 12.5. The zero-order chi connectivity index (χ0) is 28.5. The van der Waals surface area contributed by atoms with Gasteiger partial charge in [0.1, 0.15) is 23.9 Å². The third-order valence-corrected chi connectivity index (χ3v) is 5.66. The molecule has 0 unspecified atom stereocenters. The number of urea groups is 1. The number of benzene rings is 2. The van der Waals surface area contributed by atoms with Gasteiger partial charge in [0.25, 0.3) is 6.43 Å². The minimum absolute atomic E-state index is 0.283. The second-order valence-electron chi connectivity index (χ2n) is 8.65. The summed E-state index contributed by atoms with van der Waals surface area (Å²) in [5.41, 5.74) is -4.25. The van der Waals surface area contributed by atoms with Crippen LogP contribution in [0.2, 0.25) is 0 Å². The Balaban J connectivity index is 2.20. The Labute approximate surface area is 208 Å². The summed E-state index contributed by atoms with van der Waals surface area (Å²) in [6.07, 6.45) is -17.0. The fraction of sp³-hybridized carbons (Fsp3) is 0.435. The van der Waals surface area contributed by atoms with Crippen LogP contribution < -0.4 is 15.4 Å². The van der Waals surface area contributed by atoms with Gasteiger partial charge < -0.3 is 15.4 Å². The van der Waals surface area contributed by atoms with Gasteiger partial charge >= 0.3 is 24.7 Å². The molecule has 0 radical (unpaired) electrons. The van der Waals surface area contributed by atoms with Gasteiger partial charge in [0.05, 0.1) is 11.1 Å². The van der Waals surface area contributed by atoms with E-state index < -0.39 is 71.8 Å². The Morgan fingerprint density at radius 3 is 2.16 bits per heavy atom. The van der Waals surface area contributed by atoms with E-state index in [2.05, 4.69) is 10.1 Å². The fourth-order valence-electron chi connectivity index (χ4n) is 3.82. The molecule has 0 aromatic heterocycles. The molecule has 15 heteroatoms. The van der Waals surface area contributed by atoms with Gasteiger partial charge in [-0.1, -0.05) is 18.9 Å². The second kappa shape index (κ2) is 10.8. The van der Waals surface area contributed by atoms with Gasteiger partial charge in [-0.3, -0.25) is 0 Å². The Bertz CT molecular complexity index is 1150. The summed E-state index contributed by atoms with van der Waals surface area (Å²) in [5.74, 6) is -4.19. The zero-order valence-corrected chi connectivity index (χ0v) is 19.0. The van der Waals surface area contributed by atoms with E-state index in [-0.39, 0.29) is 17.9 Å².